The van der Waals surface area contributed by atoms with Crippen LogP contribution in [0.4, 0.5) is 10.5 Å². The fraction of sp³-hybridized carbons (Fsp3) is 0.333. The van der Waals surface area contributed by atoms with E-state index in [9.17, 15) is 9.59 Å². The second kappa shape index (κ2) is 8.83. The van der Waals surface area contributed by atoms with Gasteiger partial charge in [0.2, 0.25) is 0 Å². The number of fused-ring (bicyclic) bond motifs is 1. The van der Waals surface area contributed by atoms with E-state index in [2.05, 4.69) is 5.32 Å². The van der Waals surface area contributed by atoms with Gasteiger partial charge in [0.15, 0.2) is 11.5 Å². The van der Waals surface area contributed by atoms with Crippen LogP contribution < -0.4 is 20.5 Å². The molecule has 8 heteroatoms. The summed E-state index contributed by atoms with van der Waals surface area (Å²) < 4.78 is 11.0. The zero-order valence-electron chi connectivity index (χ0n) is 16.5. The third-order valence-electron chi connectivity index (χ3n) is 4.90. The van der Waals surface area contributed by atoms with E-state index < -0.39 is 6.09 Å². The second-order valence-corrected chi connectivity index (χ2v) is 6.64. The van der Waals surface area contributed by atoms with Crippen molar-refractivity contribution < 1.29 is 24.2 Å². The van der Waals surface area contributed by atoms with Crippen molar-refractivity contribution in [3.05, 3.63) is 53.1 Å². The molecule has 0 spiro atoms. The van der Waals surface area contributed by atoms with E-state index in [1.807, 2.05) is 31.2 Å². The van der Waals surface area contributed by atoms with Crippen LogP contribution in [0.1, 0.15) is 40.9 Å². The van der Waals surface area contributed by atoms with Crippen molar-refractivity contribution in [1.82, 2.24) is 4.90 Å². The number of carboxylic acid groups (broad SMARTS) is 1. The van der Waals surface area contributed by atoms with Crippen LogP contribution in [0.2, 0.25) is 0 Å². The molecule has 2 aromatic rings. The molecule has 1 aliphatic heterocycles. The van der Waals surface area contributed by atoms with Crippen molar-refractivity contribution in [1.29, 1.82) is 0 Å². The highest BCUT2D eigenvalue weighted by Crippen LogP contribution is 2.39. The van der Waals surface area contributed by atoms with Crippen LogP contribution in [0.15, 0.2) is 36.4 Å². The Balaban J connectivity index is 1.97. The number of carbonyl (C=O) groups excluding carboxylic acids is 1. The maximum atomic E-state index is 13.2. The topological polar surface area (TPSA) is 114 Å². The minimum atomic E-state index is -1.21. The molecule has 154 valence electrons. The van der Waals surface area contributed by atoms with Gasteiger partial charge in [-0.3, -0.25) is 10.1 Å². The molecular weight excluding hydrogens is 374 g/mol. The number of hydrogen-bond donors (Lipinski definition) is 3. The molecular formula is C21H25N3O5. The fourth-order valence-corrected chi connectivity index (χ4v) is 3.68. The lowest BCUT2D eigenvalue weighted by molar-refractivity contribution is 0.0694. The van der Waals surface area contributed by atoms with Gasteiger partial charge in [-0.2, -0.15) is 0 Å². The molecule has 0 unspecified atom stereocenters. The molecule has 1 aliphatic rings. The summed E-state index contributed by atoms with van der Waals surface area (Å²) in [5, 5.41) is 11.4. The molecule has 0 saturated heterocycles. The summed E-state index contributed by atoms with van der Waals surface area (Å²) in [6.07, 6.45) is -0.654. The van der Waals surface area contributed by atoms with Crippen LogP contribution in [-0.4, -0.2) is 42.3 Å². The van der Waals surface area contributed by atoms with Gasteiger partial charge in [-0.1, -0.05) is 18.2 Å². The lowest BCUT2D eigenvalue weighted by atomic mass is 10.0. The van der Waals surface area contributed by atoms with Crippen LogP contribution in [-0.2, 0) is 6.54 Å². The summed E-state index contributed by atoms with van der Waals surface area (Å²) in [4.78, 5) is 26.0. The minimum Gasteiger partial charge on any atom is -0.493 e. The Morgan fingerprint density at radius 2 is 2.10 bits per heavy atom. The highest BCUT2D eigenvalue weighted by atomic mass is 16.5. The van der Waals surface area contributed by atoms with E-state index >= 15 is 0 Å². The van der Waals surface area contributed by atoms with Crippen molar-refractivity contribution in [3.8, 4) is 11.5 Å². The predicted molar refractivity (Wildman–Crippen MR) is 109 cm³/mol. The number of methoxy groups -OCH3 is 1. The molecule has 0 radical (unpaired) electrons. The van der Waals surface area contributed by atoms with Crippen molar-refractivity contribution in [3.63, 3.8) is 0 Å². The van der Waals surface area contributed by atoms with Gasteiger partial charge in [0.05, 0.1) is 31.0 Å². The van der Waals surface area contributed by atoms with E-state index in [0.29, 0.717) is 48.9 Å². The maximum absolute atomic E-state index is 13.2. The average Bonchev–Trinajstić information content (AvgIpc) is 3.03. The van der Waals surface area contributed by atoms with Crippen molar-refractivity contribution in [2.75, 3.05) is 25.6 Å². The van der Waals surface area contributed by atoms with Crippen molar-refractivity contribution in [2.24, 2.45) is 5.73 Å². The maximum Gasteiger partial charge on any atom is 0.409 e. The standard InChI is InChI=1S/C21H25N3O5/c1-3-29-18-11-13(7-8-17(18)28-2)16(9-10-22)24-12-14-5-4-6-15(23-21(26)27)19(14)20(24)25/h4-8,11,16,23H,3,9-10,12,22H2,1-2H3,(H,26,27)/t16-/m1/s1. The molecule has 0 saturated carbocycles. The summed E-state index contributed by atoms with van der Waals surface area (Å²) in [7, 11) is 1.58. The normalized spacial score (nSPS) is 13.8. The minimum absolute atomic E-state index is 0.225. The SMILES string of the molecule is CCOc1cc([C@@H](CCN)N2Cc3cccc(NC(=O)O)c3C2=O)ccc1OC. The van der Waals surface area contributed by atoms with Crippen LogP contribution >= 0.6 is 0 Å². The largest absolute Gasteiger partial charge is 0.493 e. The predicted octanol–water partition coefficient (Wildman–Crippen LogP) is 3.23. The number of ether oxygens (including phenoxy) is 2. The van der Waals surface area contributed by atoms with Gasteiger partial charge in [-0.25, -0.2) is 4.79 Å². The van der Waals surface area contributed by atoms with Gasteiger partial charge >= 0.3 is 6.09 Å². The lowest BCUT2D eigenvalue weighted by Gasteiger charge is -2.28. The Morgan fingerprint density at radius 3 is 2.76 bits per heavy atom. The Bertz CT molecular complexity index is 915. The first-order chi connectivity index (χ1) is 14.0. The zero-order chi connectivity index (χ0) is 21.0. The van der Waals surface area contributed by atoms with Gasteiger partial charge in [-0.05, 0) is 49.2 Å². The number of nitrogens with zero attached hydrogens (tertiary/aromatic N) is 1. The number of nitrogens with one attached hydrogen (secondary N) is 1. The first kappa shape index (κ1) is 20.5. The van der Waals surface area contributed by atoms with Crippen molar-refractivity contribution in [2.45, 2.75) is 25.9 Å². The zero-order valence-corrected chi connectivity index (χ0v) is 16.5. The molecule has 4 N–H and O–H groups in total. The summed E-state index contributed by atoms with van der Waals surface area (Å²) in [5.74, 6) is 0.995. The Morgan fingerprint density at radius 1 is 1.31 bits per heavy atom. The van der Waals surface area contributed by atoms with Gasteiger partial charge in [-0.15, -0.1) is 0 Å². The summed E-state index contributed by atoms with van der Waals surface area (Å²) >= 11 is 0. The number of rotatable bonds is 8. The van der Waals surface area contributed by atoms with E-state index in [-0.39, 0.29) is 11.9 Å². The van der Waals surface area contributed by atoms with E-state index in [0.717, 1.165) is 11.1 Å². The van der Waals surface area contributed by atoms with E-state index in [1.54, 1.807) is 24.1 Å². The smallest absolute Gasteiger partial charge is 0.409 e. The highest BCUT2D eigenvalue weighted by molar-refractivity contribution is 6.05. The summed E-state index contributed by atoms with van der Waals surface area (Å²) in [6, 6.07) is 10.5. The fourth-order valence-electron chi connectivity index (χ4n) is 3.68. The molecule has 8 nitrogen and oxygen atoms in total. The summed E-state index contributed by atoms with van der Waals surface area (Å²) in [5.41, 5.74) is 8.19. The Hall–Kier alpha value is -3.26. The Labute approximate surface area is 169 Å². The van der Waals surface area contributed by atoms with Gasteiger partial charge in [0, 0.05) is 6.54 Å². The molecule has 2 aromatic carbocycles. The highest BCUT2D eigenvalue weighted by Gasteiger charge is 2.35. The molecule has 1 atom stereocenters. The molecule has 0 fully saturated rings. The third kappa shape index (κ3) is 4.12. The lowest BCUT2D eigenvalue weighted by Crippen LogP contribution is -2.31. The van der Waals surface area contributed by atoms with E-state index in [4.69, 9.17) is 20.3 Å². The van der Waals surface area contributed by atoms with Gasteiger partial charge in [0.1, 0.15) is 0 Å². The number of amides is 2. The number of anilines is 1. The van der Waals surface area contributed by atoms with Crippen LogP contribution in [0, 0.1) is 0 Å². The van der Waals surface area contributed by atoms with Crippen LogP contribution in [0.3, 0.4) is 0 Å². The molecule has 1 heterocycles. The molecule has 3 rings (SSSR count). The first-order valence-corrected chi connectivity index (χ1v) is 9.43. The molecule has 0 bridgehead atoms. The van der Waals surface area contributed by atoms with Gasteiger partial charge < -0.3 is 25.2 Å². The summed E-state index contributed by atoms with van der Waals surface area (Å²) in [6.45, 7) is 3.14. The van der Waals surface area contributed by atoms with Crippen LogP contribution in [0.25, 0.3) is 0 Å². The quantitative estimate of drug-likeness (QED) is 0.628. The first-order valence-electron chi connectivity index (χ1n) is 9.43. The number of nitrogens with two attached hydrogens (primary N) is 1. The molecule has 0 aliphatic carbocycles. The number of carbonyl (C=O) groups is 2. The molecule has 29 heavy (non-hydrogen) atoms. The molecule has 2 amide bonds. The van der Waals surface area contributed by atoms with E-state index in [1.165, 1.54) is 0 Å². The number of benzene rings is 2. The van der Waals surface area contributed by atoms with Crippen molar-refractivity contribution >= 4 is 17.7 Å². The van der Waals surface area contributed by atoms with Crippen LogP contribution in [0.5, 0.6) is 11.5 Å². The number of hydrogen-bond acceptors (Lipinski definition) is 5. The monoisotopic (exact) mass is 399 g/mol. The Kier molecular flexibility index (Phi) is 6.23. The second-order valence-electron chi connectivity index (χ2n) is 6.64. The molecule has 0 aromatic heterocycles. The average molecular weight is 399 g/mol. The van der Waals surface area contributed by atoms with Gasteiger partial charge in [0.25, 0.3) is 5.91 Å². The third-order valence-corrected chi connectivity index (χ3v) is 4.90.